The van der Waals surface area contributed by atoms with Gasteiger partial charge in [-0.25, -0.2) is 4.98 Å². The fraction of sp³-hybridized carbons (Fsp3) is 0.200. The number of hydrogen-bond acceptors (Lipinski definition) is 7. The lowest BCUT2D eigenvalue weighted by Crippen LogP contribution is -2.40. The molecule has 0 atom stereocenters. The van der Waals surface area contributed by atoms with Gasteiger partial charge in [-0.05, 0) is 54.1 Å². The molecule has 34 heavy (non-hydrogen) atoms. The zero-order valence-corrected chi connectivity index (χ0v) is 19.2. The molecule has 0 amide bonds. The lowest BCUT2D eigenvalue weighted by Gasteiger charge is -2.27. The highest BCUT2D eigenvalue weighted by Crippen LogP contribution is 2.28. The highest BCUT2D eigenvalue weighted by Gasteiger charge is 2.18. The van der Waals surface area contributed by atoms with E-state index in [4.69, 9.17) is 30.5 Å². The number of fused-ring (bicyclic) bond motifs is 2. The Morgan fingerprint density at radius 3 is 2.68 bits per heavy atom. The van der Waals surface area contributed by atoms with E-state index >= 15 is 0 Å². The van der Waals surface area contributed by atoms with Crippen LogP contribution in [0, 0.1) is 0 Å². The van der Waals surface area contributed by atoms with E-state index in [9.17, 15) is 0 Å². The zero-order chi connectivity index (χ0) is 23.1. The molecule has 2 aromatic heterocycles. The van der Waals surface area contributed by atoms with Crippen LogP contribution in [-0.4, -0.2) is 33.8 Å². The Hall–Kier alpha value is -3.75. The molecule has 3 aromatic carbocycles. The quantitative estimate of drug-likeness (QED) is 0.317. The number of ether oxygens (including phenoxy) is 2. The average molecular weight is 476 g/mol. The molecule has 0 radical (unpaired) electrons. The molecule has 0 saturated carbocycles. The first-order chi connectivity index (χ1) is 16.6. The normalized spacial score (nSPS) is 13.8. The molecule has 1 aliphatic rings. The number of nitrogens with one attached hydrogen (secondary N) is 2. The Kier molecular flexibility index (Phi) is 5.24. The largest absolute Gasteiger partial charge is 0.411 e. The number of imidazole rings is 1. The summed E-state index contributed by atoms with van der Waals surface area (Å²) in [6.45, 7) is 2.14. The monoisotopic (exact) mass is 475 g/mol. The van der Waals surface area contributed by atoms with E-state index in [1.807, 2.05) is 37.4 Å². The number of rotatable bonds is 7. The maximum Gasteiger partial charge on any atom is 0.400 e. The number of nitrogens with zero attached hydrogens (tertiary/aromatic N) is 3. The first-order valence-electron chi connectivity index (χ1n) is 11.0. The lowest BCUT2D eigenvalue weighted by atomic mass is 10.2. The molecule has 3 heterocycles. The first-order valence-corrected chi connectivity index (χ1v) is 11.4. The third-order valence-electron chi connectivity index (χ3n) is 5.80. The highest BCUT2D eigenvalue weighted by molar-refractivity contribution is 6.31. The second-order valence-electron chi connectivity index (χ2n) is 8.27. The van der Waals surface area contributed by atoms with Crippen molar-refractivity contribution >= 4 is 45.4 Å². The number of halogens is 1. The molecule has 9 heteroatoms. The number of aryl methyl sites for hydroxylation is 1. The Balaban J connectivity index is 1.11. The summed E-state index contributed by atoms with van der Waals surface area (Å²) < 4.78 is 18.7. The summed E-state index contributed by atoms with van der Waals surface area (Å²) in [6.07, 6.45) is 0.182. The van der Waals surface area contributed by atoms with Crippen molar-refractivity contribution in [2.45, 2.75) is 12.6 Å². The van der Waals surface area contributed by atoms with Crippen LogP contribution in [0.4, 0.5) is 11.6 Å². The average Bonchev–Trinajstić information content (AvgIpc) is 3.35. The molecule has 0 unspecified atom stereocenters. The van der Waals surface area contributed by atoms with Gasteiger partial charge in [-0.2, -0.15) is 4.98 Å². The van der Waals surface area contributed by atoms with Crippen LogP contribution in [0.1, 0.15) is 5.56 Å². The minimum Gasteiger partial charge on any atom is -0.411 e. The molecule has 1 aliphatic heterocycles. The van der Waals surface area contributed by atoms with E-state index in [2.05, 4.69) is 32.3 Å². The van der Waals surface area contributed by atoms with Gasteiger partial charge in [0, 0.05) is 24.3 Å². The van der Waals surface area contributed by atoms with Crippen LogP contribution in [-0.2, 0) is 18.3 Å². The van der Waals surface area contributed by atoms with Crippen LogP contribution < -0.4 is 15.4 Å². The fourth-order valence-electron chi connectivity index (χ4n) is 3.87. The van der Waals surface area contributed by atoms with Crippen molar-refractivity contribution in [3.8, 4) is 11.8 Å². The molecule has 0 aliphatic carbocycles. The van der Waals surface area contributed by atoms with Gasteiger partial charge in [0.2, 0.25) is 5.95 Å². The van der Waals surface area contributed by atoms with E-state index in [0.29, 0.717) is 34.5 Å². The maximum absolute atomic E-state index is 6.00. The van der Waals surface area contributed by atoms with Crippen molar-refractivity contribution < 1.29 is 13.9 Å². The summed E-state index contributed by atoms with van der Waals surface area (Å²) in [7, 11) is 2.01. The van der Waals surface area contributed by atoms with Gasteiger partial charge < -0.3 is 29.1 Å². The third-order valence-corrected chi connectivity index (χ3v) is 6.03. The topological polar surface area (TPSA) is 86.4 Å². The molecule has 172 valence electrons. The summed E-state index contributed by atoms with van der Waals surface area (Å²) in [5.74, 6) is 1.45. The summed E-state index contributed by atoms with van der Waals surface area (Å²) >= 11 is 6.00. The van der Waals surface area contributed by atoms with Crippen molar-refractivity contribution in [1.29, 1.82) is 0 Å². The predicted molar refractivity (Wildman–Crippen MR) is 132 cm³/mol. The summed E-state index contributed by atoms with van der Waals surface area (Å²) in [5, 5.41) is 7.51. The van der Waals surface area contributed by atoms with Crippen LogP contribution in [0.5, 0.6) is 11.8 Å². The van der Waals surface area contributed by atoms with Gasteiger partial charge in [0.25, 0.3) is 0 Å². The van der Waals surface area contributed by atoms with Gasteiger partial charge in [-0.1, -0.05) is 23.7 Å². The minimum atomic E-state index is 0.182. The smallest absolute Gasteiger partial charge is 0.400 e. The fourth-order valence-corrected chi connectivity index (χ4v) is 4.04. The SMILES string of the molecule is Cn1c(NCc2ccc(Oc3nc4cc(Cl)ccc4o3)cc2)nc2ccc(NC3COC3)cc21. The van der Waals surface area contributed by atoms with Crippen molar-refractivity contribution in [2.24, 2.45) is 7.05 Å². The predicted octanol–water partition coefficient (Wildman–Crippen LogP) is 5.58. The van der Waals surface area contributed by atoms with Crippen molar-refractivity contribution in [3.05, 3.63) is 71.2 Å². The maximum atomic E-state index is 6.00. The Bertz CT molecular complexity index is 1470. The second kappa shape index (κ2) is 8.55. The lowest BCUT2D eigenvalue weighted by molar-refractivity contribution is 0.0211. The first kappa shape index (κ1) is 20.8. The molecule has 8 nitrogen and oxygen atoms in total. The van der Waals surface area contributed by atoms with Gasteiger partial charge in [0.1, 0.15) is 11.3 Å². The van der Waals surface area contributed by atoms with E-state index in [1.54, 1.807) is 18.2 Å². The van der Waals surface area contributed by atoms with Crippen molar-refractivity contribution in [3.63, 3.8) is 0 Å². The molecule has 2 N–H and O–H groups in total. The standard InChI is InChI=1S/C25H22ClN5O3/c1-31-22-11-17(28-18-13-32-14-18)5-8-20(22)29-24(31)27-12-15-2-6-19(7-3-15)33-25-30-21-10-16(26)4-9-23(21)34-25/h2-11,18,28H,12-14H2,1H3,(H,27,29). The van der Waals surface area contributed by atoms with Crippen molar-refractivity contribution in [1.82, 2.24) is 14.5 Å². The van der Waals surface area contributed by atoms with Gasteiger partial charge in [0.15, 0.2) is 5.58 Å². The van der Waals surface area contributed by atoms with E-state index < -0.39 is 0 Å². The summed E-state index contributed by atoms with van der Waals surface area (Å²) in [6, 6.07) is 19.6. The second-order valence-corrected chi connectivity index (χ2v) is 8.70. The van der Waals surface area contributed by atoms with Gasteiger partial charge >= 0.3 is 6.08 Å². The highest BCUT2D eigenvalue weighted by atomic mass is 35.5. The van der Waals surface area contributed by atoms with Crippen LogP contribution in [0.3, 0.4) is 0 Å². The number of oxazole rings is 1. The number of anilines is 2. The van der Waals surface area contributed by atoms with E-state index in [-0.39, 0.29) is 6.08 Å². The molecular formula is C25H22ClN5O3. The van der Waals surface area contributed by atoms with Gasteiger partial charge in [-0.15, -0.1) is 0 Å². The molecule has 1 fully saturated rings. The Morgan fingerprint density at radius 2 is 1.88 bits per heavy atom. The number of aromatic nitrogens is 3. The van der Waals surface area contributed by atoms with E-state index in [0.717, 1.165) is 41.4 Å². The minimum absolute atomic E-state index is 0.182. The Morgan fingerprint density at radius 1 is 1.03 bits per heavy atom. The van der Waals surface area contributed by atoms with Crippen LogP contribution in [0.25, 0.3) is 22.1 Å². The molecule has 0 bridgehead atoms. The summed E-state index contributed by atoms with van der Waals surface area (Å²) in [5.41, 5.74) is 5.47. The van der Waals surface area contributed by atoms with Gasteiger partial charge in [-0.3, -0.25) is 0 Å². The van der Waals surface area contributed by atoms with Gasteiger partial charge in [0.05, 0.1) is 30.3 Å². The zero-order valence-electron chi connectivity index (χ0n) is 18.4. The molecule has 0 spiro atoms. The molecule has 5 aromatic rings. The van der Waals surface area contributed by atoms with E-state index in [1.165, 1.54) is 0 Å². The van der Waals surface area contributed by atoms with Crippen LogP contribution in [0.2, 0.25) is 5.02 Å². The number of hydrogen-bond donors (Lipinski definition) is 2. The molecule has 1 saturated heterocycles. The summed E-state index contributed by atoms with van der Waals surface area (Å²) in [4.78, 5) is 9.05. The van der Waals surface area contributed by atoms with Crippen LogP contribution in [0.15, 0.2) is 65.1 Å². The van der Waals surface area contributed by atoms with Crippen molar-refractivity contribution in [2.75, 3.05) is 23.8 Å². The molecular weight excluding hydrogens is 454 g/mol. The van der Waals surface area contributed by atoms with Crippen LogP contribution >= 0.6 is 11.6 Å². The number of benzene rings is 3. The Labute approximate surface area is 200 Å². The third kappa shape index (κ3) is 4.13. The molecule has 6 rings (SSSR count).